The number of thiophene rings is 1. The number of rotatable bonds is 7. The second-order valence-electron chi connectivity index (χ2n) is 4.03. The van der Waals surface area contributed by atoms with Gasteiger partial charge in [0.2, 0.25) is 0 Å². The van der Waals surface area contributed by atoms with Crippen molar-refractivity contribution in [1.29, 1.82) is 0 Å². The van der Waals surface area contributed by atoms with Crippen LogP contribution in [0.5, 0.6) is 0 Å². The first-order valence-corrected chi connectivity index (χ1v) is 8.68. The zero-order valence-corrected chi connectivity index (χ0v) is 12.1. The maximum Gasteiger partial charge on any atom is 0.149 e. The van der Waals surface area contributed by atoms with Gasteiger partial charge in [-0.2, -0.15) is 0 Å². The highest BCUT2D eigenvalue weighted by Crippen LogP contribution is 2.23. The van der Waals surface area contributed by atoms with Gasteiger partial charge in [-0.3, -0.25) is 0 Å². The SMILES string of the molecule is CS(=O)(=O)CCOCCNc1ncnc2sccc12. The van der Waals surface area contributed by atoms with Crippen molar-refractivity contribution in [3.63, 3.8) is 0 Å². The van der Waals surface area contributed by atoms with E-state index in [-0.39, 0.29) is 12.4 Å². The third-order valence-corrected chi connectivity index (χ3v) is 4.13. The van der Waals surface area contributed by atoms with Crippen LogP contribution in [0.3, 0.4) is 0 Å². The molecule has 1 N–H and O–H groups in total. The summed E-state index contributed by atoms with van der Waals surface area (Å²) in [6.07, 6.45) is 2.72. The number of sulfone groups is 1. The lowest BCUT2D eigenvalue weighted by molar-refractivity contribution is 0.159. The summed E-state index contributed by atoms with van der Waals surface area (Å²) >= 11 is 1.56. The molecular formula is C11H15N3O3S2. The van der Waals surface area contributed by atoms with Gasteiger partial charge >= 0.3 is 0 Å². The molecule has 2 heterocycles. The Hall–Kier alpha value is -1.25. The van der Waals surface area contributed by atoms with Crippen LogP contribution in [0.2, 0.25) is 0 Å². The summed E-state index contributed by atoms with van der Waals surface area (Å²) in [7, 11) is -2.95. The Labute approximate surface area is 115 Å². The molecule has 0 atom stereocenters. The second-order valence-corrected chi connectivity index (χ2v) is 7.19. The zero-order valence-electron chi connectivity index (χ0n) is 10.5. The van der Waals surface area contributed by atoms with Crippen LogP contribution in [0.25, 0.3) is 10.2 Å². The van der Waals surface area contributed by atoms with Gasteiger partial charge in [0.1, 0.15) is 26.8 Å². The van der Waals surface area contributed by atoms with Gasteiger partial charge in [-0.1, -0.05) is 0 Å². The smallest absolute Gasteiger partial charge is 0.149 e. The molecule has 2 rings (SSSR count). The third-order valence-electron chi connectivity index (χ3n) is 2.40. The third kappa shape index (κ3) is 4.41. The van der Waals surface area contributed by atoms with Crippen molar-refractivity contribution in [2.45, 2.75) is 0 Å². The fourth-order valence-corrected chi connectivity index (χ4v) is 2.64. The highest BCUT2D eigenvalue weighted by atomic mass is 32.2. The predicted octanol–water partition coefficient (Wildman–Crippen LogP) is 1.16. The van der Waals surface area contributed by atoms with E-state index in [0.717, 1.165) is 16.0 Å². The Balaban J connectivity index is 1.76. The summed E-state index contributed by atoms with van der Waals surface area (Å²) in [5.41, 5.74) is 0. The Morgan fingerprint density at radius 3 is 3.00 bits per heavy atom. The van der Waals surface area contributed by atoms with Gasteiger partial charge in [0, 0.05) is 12.8 Å². The van der Waals surface area contributed by atoms with E-state index < -0.39 is 9.84 Å². The molecule has 104 valence electrons. The molecule has 0 saturated heterocycles. The standard InChI is InChI=1S/C11H15N3O3S2/c1-19(15,16)7-5-17-4-3-12-10-9-2-6-18-11(9)14-8-13-10/h2,6,8H,3-5,7H2,1H3,(H,12,13,14). The molecule has 0 saturated carbocycles. The molecule has 0 fully saturated rings. The summed E-state index contributed by atoms with van der Waals surface area (Å²) in [5, 5.41) is 6.11. The summed E-state index contributed by atoms with van der Waals surface area (Å²) in [5.74, 6) is 0.827. The average molecular weight is 301 g/mol. The summed E-state index contributed by atoms with van der Waals surface area (Å²) < 4.78 is 27.0. The average Bonchev–Trinajstić information content (AvgIpc) is 2.81. The van der Waals surface area contributed by atoms with Gasteiger partial charge in [0.15, 0.2) is 0 Å². The molecular weight excluding hydrogens is 286 g/mol. The van der Waals surface area contributed by atoms with Gasteiger partial charge in [-0.05, 0) is 11.4 Å². The summed E-state index contributed by atoms with van der Waals surface area (Å²) in [6.45, 7) is 1.23. The van der Waals surface area contributed by atoms with Crippen molar-refractivity contribution in [1.82, 2.24) is 9.97 Å². The first-order chi connectivity index (χ1) is 9.06. The molecule has 2 aromatic rings. The van der Waals surface area contributed by atoms with E-state index >= 15 is 0 Å². The molecule has 0 radical (unpaired) electrons. The minimum absolute atomic E-state index is 0.0509. The lowest BCUT2D eigenvalue weighted by Gasteiger charge is -2.07. The molecule has 0 unspecified atom stereocenters. The zero-order chi connectivity index (χ0) is 13.7. The first kappa shape index (κ1) is 14.2. The van der Waals surface area contributed by atoms with Crippen LogP contribution in [0.15, 0.2) is 17.8 Å². The molecule has 0 aliphatic rings. The van der Waals surface area contributed by atoms with Crippen LogP contribution >= 0.6 is 11.3 Å². The molecule has 0 bridgehead atoms. The number of hydrogen-bond donors (Lipinski definition) is 1. The van der Waals surface area contributed by atoms with Crippen LogP contribution in [-0.4, -0.2) is 50.2 Å². The molecule has 0 aliphatic carbocycles. The van der Waals surface area contributed by atoms with E-state index in [1.54, 1.807) is 11.3 Å². The van der Waals surface area contributed by atoms with Crippen LogP contribution in [-0.2, 0) is 14.6 Å². The normalized spacial score (nSPS) is 11.8. The first-order valence-electron chi connectivity index (χ1n) is 5.74. The number of anilines is 1. The predicted molar refractivity (Wildman–Crippen MR) is 76.4 cm³/mol. The maximum absolute atomic E-state index is 10.9. The molecule has 2 aromatic heterocycles. The lowest BCUT2D eigenvalue weighted by Crippen LogP contribution is -2.15. The molecule has 0 amide bonds. The van der Waals surface area contributed by atoms with Crippen LogP contribution in [0, 0.1) is 0 Å². The number of nitrogens with zero attached hydrogens (tertiary/aromatic N) is 2. The monoisotopic (exact) mass is 301 g/mol. The lowest BCUT2D eigenvalue weighted by atomic mass is 10.4. The van der Waals surface area contributed by atoms with E-state index in [0.29, 0.717) is 13.2 Å². The minimum Gasteiger partial charge on any atom is -0.379 e. The van der Waals surface area contributed by atoms with Crippen LogP contribution < -0.4 is 5.32 Å². The highest BCUT2D eigenvalue weighted by molar-refractivity contribution is 7.90. The minimum atomic E-state index is -2.95. The van der Waals surface area contributed by atoms with E-state index in [2.05, 4.69) is 15.3 Å². The Morgan fingerprint density at radius 1 is 1.37 bits per heavy atom. The topological polar surface area (TPSA) is 81.2 Å². The van der Waals surface area contributed by atoms with Gasteiger partial charge in [0.25, 0.3) is 0 Å². The van der Waals surface area contributed by atoms with Gasteiger partial charge in [-0.15, -0.1) is 11.3 Å². The Kier molecular flexibility index (Phi) is 4.67. The quantitative estimate of drug-likeness (QED) is 0.773. The van der Waals surface area contributed by atoms with Crippen molar-refractivity contribution in [2.24, 2.45) is 0 Å². The van der Waals surface area contributed by atoms with Gasteiger partial charge in [-0.25, -0.2) is 18.4 Å². The molecule has 0 aromatic carbocycles. The largest absolute Gasteiger partial charge is 0.379 e. The summed E-state index contributed by atoms with van der Waals surface area (Å²) in [4.78, 5) is 9.27. The van der Waals surface area contributed by atoms with Gasteiger partial charge in [0.05, 0.1) is 24.4 Å². The molecule has 19 heavy (non-hydrogen) atoms. The number of aromatic nitrogens is 2. The number of fused-ring (bicyclic) bond motifs is 1. The van der Waals surface area contributed by atoms with E-state index in [4.69, 9.17) is 4.74 Å². The molecule has 8 heteroatoms. The fraction of sp³-hybridized carbons (Fsp3) is 0.455. The molecule has 0 spiro atoms. The molecule has 6 nitrogen and oxygen atoms in total. The number of nitrogens with one attached hydrogen (secondary N) is 1. The number of hydrogen-bond acceptors (Lipinski definition) is 7. The van der Waals surface area contributed by atoms with Crippen LogP contribution in [0.1, 0.15) is 0 Å². The van der Waals surface area contributed by atoms with E-state index in [9.17, 15) is 8.42 Å². The van der Waals surface area contributed by atoms with Gasteiger partial charge < -0.3 is 10.1 Å². The maximum atomic E-state index is 10.9. The van der Waals surface area contributed by atoms with Crippen molar-refractivity contribution in [2.75, 3.05) is 37.1 Å². The van der Waals surface area contributed by atoms with E-state index in [1.807, 2.05) is 11.4 Å². The summed E-state index contributed by atoms with van der Waals surface area (Å²) in [6, 6.07) is 1.97. The van der Waals surface area contributed by atoms with Crippen molar-refractivity contribution < 1.29 is 13.2 Å². The van der Waals surface area contributed by atoms with Crippen molar-refractivity contribution in [3.05, 3.63) is 17.8 Å². The highest BCUT2D eigenvalue weighted by Gasteiger charge is 2.04. The Morgan fingerprint density at radius 2 is 2.21 bits per heavy atom. The fourth-order valence-electron chi connectivity index (χ4n) is 1.48. The van der Waals surface area contributed by atoms with E-state index in [1.165, 1.54) is 12.6 Å². The van der Waals surface area contributed by atoms with Crippen LogP contribution in [0.4, 0.5) is 5.82 Å². The number of ether oxygens (including phenoxy) is 1. The van der Waals surface area contributed by atoms with Crippen molar-refractivity contribution >= 4 is 37.2 Å². The Bertz CT molecular complexity index is 639. The molecule has 0 aliphatic heterocycles. The second kappa shape index (κ2) is 6.27. The van der Waals surface area contributed by atoms with Crippen molar-refractivity contribution in [3.8, 4) is 0 Å².